The Hall–Kier alpha value is -1.36. The van der Waals surface area contributed by atoms with E-state index in [4.69, 9.17) is 14.2 Å². The fourth-order valence-corrected chi connectivity index (χ4v) is 2.50. The molecule has 2 aromatic carbocycles. The molecule has 1 saturated heterocycles. The fourth-order valence-electron chi connectivity index (χ4n) is 2.34. The Morgan fingerprint density at radius 1 is 1.00 bits per heavy atom. The molecule has 3 nitrogen and oxygen atoms in total. The summed E-state index contributed by atoms with van der Waals surface area (Å²) >= 11 is 3.36. The lowest BCUT2D eigenvalue weighted by molar-refractivity contribution is -0.0440. The van der Waals surface area contributed by atoms with E-state index in [1.165, 1.54) is 0 Å². The molecule has 21 heavy (non-hydrogen) atoms. The first-order valence-electron chi connectivity index (χ1n) is 6.99. The van der Waals surface area contributed by atoms with Gasteiger partial charge in [0.1, 0.15) is 5.75 Å². The van der Waals surface area contributed by atoms with Gasteiger partial charge in [0.25, 0.3) is 0 Å². The molecule has 1 aliphatic rings. The lowest BCUT2D eigenvalue weighted by Crippen LogP contribution is -1.98. The summed E-state index contributed by atoms with van der Waals surface area (Å²) < 4.78 is 16.8. The molecule has 0 saturated carbocycles. The molecular weight excluding hydrogens is 332 g/mol. The molecule has 0 unspecified atom stereocenters. The smallest absolute Gasteiger partial charge is 0.184 e. The average molecular weight is 349 g/mol. The van der Waals surface area contributed by atoms with Crippen molar-refractivity contribution in [2.75, 3.05) is 25.2 Å². The number of ether oxygens (including phenoxy) is 3. The Labute approximate surface area is 133 Å². The van der Waals surface area contributed by atoms with Crippen LogP contribution in [0.15, 0.2) is 48.5 Å². The number of halogens is 1. The van der Waals surface area contributed by atoms with Gasteiger partial charge in [0.05, 0.1) is 19.8 Å². The second-order valence-electron chi connectivity index (χ2n) is 4.76. The van der Waals surface area contributed by atoms with Gasteiger partial charge in [-0.15, -0.1) is 0 Å². The minimum absolute atomic E-state index is 0.238. The van der Waals surface area contributed by atoms with Crippen LogP contribution in [0.1, 0.15) is 11.9 Å². The number of alkyl halides is 1. The van der Waals surface area contributed by atoms with Crippen LogP contribution in [0.3, 0.4) is 0 Å². The van der Waals surface area contributed by atoms with Crippen molar-refractivity contribution in [2.24, 2.45) is 0 Å². The second-order valence-corrected chi connectivity index (χ2v) is 5.56. The van der Waals surface area contributed by atoms with Crippen molar-refractivity contribution in [3.8, 4) is 16.9 Å². The number of hydrogen-bond donors (Lipinski definition) is 0. The van der Waals surface area contributed by atoms with Crippen molar-refractivity contribution in [1.82, 2.24) is 0 Å². The summed E-state index contributed by atoms with van der Waals surface area (Å²) in [7, 11) is 0. The first-order chi connectivity index (χ1) is 10.4. The van der Waals surface area contributed by atoms with E-state index in [1.54, 1.807) is 0 Å². The van der Waals surface area contributed by atoms with Crippen LogP contribution in [0, 0.1) is 0 Å². The zero-order valence-corrected chi connectivity index (χ0v) is 13.2. The van der Waals surface area contributed by atoms with Gasteiger partial charge < -0.3 is 14.2 Å². The maximum Gasteiger partial charge on any atom is 0.184 e. The molecule has 0 radical (unpaired) electrons. The fraction of sp³-hybridized carbons (Fsp3) is 0.294. The third-order valence-corrected chi connectivity index (χ3v) is 3.62. The highest BCUT2D eigenvalue weighted by Gasteiger charge is 2.18. The molecular formula is C17H17BrO3. The molecule has 0 aliphatic carbocycles. The normalized spacial score (nSPS) is 15.3. The van der Waals surface area contributed by atoms with E-state index in [0.717, 1.165) is 27.8 Å². The van der Waals surface area contributed by atoms with Gasteiger partial charge in [0.2, 0.25) is 0 Å². The first kappa shape index (κ1) is 14.6. The third-order valence-electron chi connectivity index (χ3n) is 3.29. The Bertz CT molecular complexity index is 594. The second kappa shape index (κ2) is 7.07. The molecule has 2 aromatic rings. The summed E-state index contributed by atoms with van der Waals surface area (Å²) in [4.78, 5) is 0. The molecule has 4 heteroatoms. The minimum Gasteiger partial charge on any atom is -0.493 e. The van der Waals surface area contributed by atoms with Crippen molar-refractivity contribution in [1.29, 1.82) is 0 Å². The van der Waals surface area contributed by atoms with E-state index in [9.17, 15) is 0 Å². The maximum absolute atomic E-state index is 5.65. The molecule has 1 aliphatic heterocycles. The van der Waals surface area contributed by atoms with E-state index in [1.807, 2.05) is 24.3 Å². The van der Waals surface area contributed by atoms with Gasteiger partial charge in [-0.3, -0.25) is 0 Å². The molecule has 1 fully saturated rings. The maximum atomic E-state index is 5.65. The average Bonchev–Trinajstić information content (AvgIpc) is 3.08. The van der Waals surface area contributed by atoms with Crippen LogP contribution >= 0.6 is 15.9 Å². The van der Waals surface area contributed by atoms with Crippen LogP contribution in [0.25, 0.3) is 11.1 Å². The summed E-state index contributed by atoms with van der Waals surface area (Å²) in [6, 6.07) is 16.4. The van der Waals surface area contributed by atoms with Crippen LogP contribution in [-0.2, 0) is 9.47 Å². The molecule has 0 bridgehead atoms. The topological polar surface area (TPSA) is 27.7 Å². The van der Waals surface area contributed by atoms with Crippen molar-refractivity contribution < 1.29 is 14.2 Å². The minimum atomic E-state index is -0.238. The van der Waals surface area contributed by atoms with Crippen LogP contribution in [-0.4, -0.2) is 25.2 Å². The molecule has 0 atom stereocenters. The Kier molecular flexibility index (Phi) is 4.91. The Morgan fingerprint density at radius 3 is 2.48 bits per heavy atom. The summed E-state index contributed by atoms with van der Waals surface area (Å²) in [5.74, 6) is 0.880. The molecule has 0 spiro atoms. The van der Waals surface area contributed by atoms with Crippen LogP contribution < -0.4 is 4.74 Å². The largest absolute Gasteiger partial charge is 0.493 e. The van der Waals surface area contributed by atoms with Crippen LogP contribution in [0.2, 0.25) is 0 Å². The van der Waals surface area contributed by atoms with Gasteiger partial charge >= 0.3 is 0 Å². The predicted molar refractivity (Wildman–Crippen MR) is 85.8 cm³/mol. The van der Waals surface area contributed by atoms with E-state index in [-0.39, 0.29) is 6.29 Å². The molecule has 3 rings (SSSR count). The van der Waals surface area contributed by atoms with Crippen molar-refractivity contribution in [2.45, 2.75) is 6.29 Å². The predicted octanol–water partition coefficient (Wildman–Crippen LogP) is 4.17. The summed E-state index contributed by atoms with van der Waals surface area (Å²) in [5.41, 5.74) is 3.31. The van der Waals surface area contributed by atoms with Gasteiger partial charge in [-0.05, 0) is 29.3 Å². The summed E-state index contributed by atoms with van der Waals surface area (Å²) in [6.45, 7) is 1.97. The highest BCUT2D eigenvalue weighted by molar-refractivity contribution is 9.09. The third kappa shape index (κ3) is 3.64. The molecule has 0 N–H and O–H groups in total. The molecule has 110 valence electrons. The van der Waals surface area contributed by atoms with Gasteiger partial charge in [-0.2, -0.15) is 0 Å². The molecule has 0 aromatic heterocycles. The van der Waals surface area contributed by atoms with Gasteiger partial charge in [-0.25, -0.2) is 0 Å². The standard InChI is InChI=1S/C17H17BrO3/c18-7-8-19-16-6-2-4-14(12-16)13-3-1-5-15(11-13)17-20-9-10-21-17/h1-6,11-12,17H,7-10H2. The number of hydrogen-bond acceptors (Lipinski definition) is 3. The van der Waals surface area contributed by atoms with E-state index < -0.39 is 0 Å². The SMILES string of the molecule is BrCCOc1cccc(-c2cccc(C3OCCO3)c2)c1. The zero-order valence-electron chi connectivity index (χ0n) is 11.6. The molecule has 1 heterocycles. The number of rotatable bonds is 5. The van der Waals surface area contributed by atoms with E-state index in [2.05, 4.69) is 40.2 Å². The zero-order chi connectivity index (χ0) is 14.5. The lowest BCUT2D eigenvalue weighted by atomic mass is 10.0. The Morgan fingerprint density at radius 2 is 1.71 bits per heavy atom. The van der Waals surface area contributed by atoms with Crippen molar-refractivity contribution in [3.05, 3.63) is 54.1 Å². The van der Waals surface area contributed by atoms with E-state index in [0.29, 0.717) is 19.8 Å². The first-order valence-corrected chi connectivity index (χ1v) is 8.11. The van der Waals surface area contributed by atoms with Crippen LogP contribution in [0.5, 0.6) is 5.75 Å². The van der Waals surface area contributed by atoms with E-state index >= 15 is 0 Å². The van der Waals surface area contributed by atoms with Gasteiger partial charge in [0.15, 0.2) is 6.29 Å². The van der Waals surface area contributed by atoms with Crippen LogP contribution in [0.4, 0.5) is 0 Å². The highest BCUT2D eigenvalue weighted by atomic mass is 79.9. The quantitative estimate of drug-likeness (QED) is 0.759. The molecule has 0 amide bonds. The summed E-state index contributed by atoms with van der Waals surface area (Å²) in [6.07, 6.45) is -0.238. The summed E-state index contributed by atoms with van der Waals surface area (Å²) in [5, 5.41) is 0.822. The lowest BCUT2D eigenvalue weighted by Gasteiger charge is -2.12. The van der Waals surface area contributed by atoms with Gasteiger partial charge in [-0.1, -0.05) is 46.3 Å². The highest BCUT2D eigenvalue weighted by Crippen LogP contribution is 2.29. The Balaban J connectivity index is 1.84. The van der Waals surface area contributed by atoms with Crippen molar-refractivity contribution in [3.63, 3.8) is 0 Å². The number of benzene rings is 2. The van der Waals surface area contributed by atoms with Gasteiger partial charge in [0, 0.05) is 10.9 Å². The monoisotopic (exact) mass is 348 g/mol. The van der Waals surface area contributed by atoms with Crippen molar-refractivity contribution >= 4 is 15.9 Å².